The molecule has 0 bridgehead atoms. The molecular weight excluding hydrogens is 1290 g/mol. The number of hydrogen-bond donors (Lipinski definition) is 3. The quantitative estimate of drug-likeness (QED) is 0.0222. The molecule has 0 aromatic heterocycles. The van der Waals surface area contributed by atoms with Gasteiger partial charge in [0.2, 0.25) is 0 Å². The minimum atomic E-state index is -4.96. The van der Waals surface area contributed by atoms with Crippen LogP contribution in [0.4, 0.5) is 0 Å². The van der Waals surface area contributed by atoms with Gasteiger partial charge in [-0.2, -0.15) is 0 Å². The molecule has 0 spiro atoms. The molecule has 0 fully saturated rings. The Balaban J connectivity index is 5.22. The molecule has 0 aromatic carbocycles. The molecule has 588 valence electrons. The Morgan fingerprint density at radius 2 is 0.485 bits per heavy atom. The smallest absolute Gasteiger partial charge is 0.462 e. The van der Waals surface area contributed by atoms with Crippen LogP contribution in [-0.2, 0) is 65.4 Å². The lowest BCUT2D eigenvalue weighted by atomic mass is 9.99. The zero-order valence-corrected chi connectivity index (χ0v) is 66.9. The zero-order valence-electron chi connectivity index (χ0n) is 65.1. The summed E-state index contributed by atoms with van der Waals surface area (Å²) in [4.78, 5) is 73.0. The van der Waals surface area contributed by atoms with E-state index in [0.29, 0.717) is 25.7 Å². The van der Waals surface area contributed by atoms with Gasteiger partial charge in [-0.1, -0.05) is 357 Å². The maximum atomic E-state index is 13.1. The van der Waals surface area contributed by atoms with E-state index >= 15 is 0 Å². The highest BCUT2D eigenvalue weighted by Gasteiger charge is 2.30. The van der Waals surface area contributed by atoms with Gasteiger partial charge >= 0.3 is 39.5 Å². The second-order valence-electron chi connectivity index (χ2n) is 30.2. The normalized spacial score (nSPS) is 14.6. The summed E-state index contributed by atoms with van der Waals surface area (Å²) in [6.07, 6.45) is 55.5. The van der Waals surface area contributed by atoms with E-state index in [4.69, 9.17) is 37.0 Å². The molecule has 0 saturated heterocycles. The SMILES string of the molecule is CCC(C)CCCCCCCCCCCCCCCCCCCCC(=O)O[C@H](COC(=O)CCCCCCCCCCCCC(C)C)COP(=O)(O)OC[C@@H](O)COP(=O)(O)OC[C@@H](COC(=O)CCCCCCCCCCC(C)CC)OC(=O)CCCCCCCCCCCC(C)C. The van der Waals surface area contributed by atoms with E-state index in [1.54, 1.807) is 0 Å². The van der Waals surface area contributed by atoms with Crippen molar-refractivity contribution in [1.29, 1.82) is 0 Å². The van der Waals surface area contributed by atoms with Crippen LogP contribution >= 0.6 is 15.6 Å². The van der Waals surface area contributed by atoms with Crippen molar-refractivity contribution in [2.45, 2.75) is 427 Å². The number of phosphoric acid groups is 2. The van der Waals surface area contributed by atoms with Gasteiger partial charge in [0.05, 0.1) is 26.4 Å². The first-order valence-electron chi connectivity index (χ1n) is 41.3. The van der Waals surface area contributed by atoms with E-state index in [2.05, 4.69) is 55.4 Å². The minimum Gasteiger partial charge on any atom is -0.462 e. The lowest BCUT2D eigenvalue weighted by Gasteiger charge is -2.21. The molecule has 0 rings (SSSR count). The van der Waals surface area contributed by atoms with Crippen LogP contribution in [0.15, 0.2) is 0 Å². The van der Waals surface area contributed by atoms with Gasteiger partial charge < -0.3 is 33.8 Å². The monoisotopic (exact) mass is 1450 g/mol. The largest absolute Gasteiger partial charge is 0.472 e. The van der Waals surface area contributed by atoms with E-state index < -0.39 is 97.5 Å². The van der Waals surface area contributed by atoms with E-state index in [1.807, 2.05) is 0 Å². The van der Waals surface area contributed by atoms with E-state index in [-0.39, 0.29) is 25.7 Å². The summed E-state index contributed by atoms with van der Waals surface area (Å²) in [6, 6.07) is 0. The summed E-state index contributed by atoms with van der Waals surface area (Å²) < 4.78 is 68.7. The predicted octanol–water partition coefficient (Wildman–Crippen LogP) is 23.6. The molecule has 4 unspecified atom stereocenters. The number of aliphatic hydroxyl groups excluding tert-OH is 1. The molecular formula is C80H156O17P2. The molecule has 0 aliphatic heterocycles. The lowest BCUT2D eigenvalue weighted by molar-refractivity contribution is -0.161. The van der Waals surface area contributed by atoms with Crippen LogP contribution in [-0.4, -0.2) is 96.7 Å². The fraction of sp³-hybridized carbons (Fsp3) is 0.950. The number of carbonyl (C=O) groups is 4. The Bertz CT molecular complexity index is 1940. The van der Waals surface area contributed by atoms with Crippen LogP contribution < -0.4 is 0 Å². The molecule has 99 heavy (non-hydrogen) atoms. The number of ether oxygens (including phenoxy) is 4. The summed E-state index contributed by atoms with van der Waals surface area (Å²) in [5.74, 6) is 1.03. The molecule has 0 radical (unpaired) electrons. The van der Waals surface area contributed by atoms with Gasteiger partial charge in [0, 0.05) is 25.7 Å². The third kappa shape index (κ3) is 71.5. The number of hydrogen-bond acceptors (Lipinski definition) is 15. The number of rotatable bonds is 77. The zero-order chi connectivity index (χ0) is 73.1. The van der Waals surface area contributed by atoms with Crippen LogP contribution in [0.25, 0.3) is 0 Å². The Kier molecular flexibility index (Phi) is 67.8. The summed E-state index contributed by atoms with van der Waals surface area (Å²) >= 11 is 0. The maximum absolute atomic E-state index is 13.1. The molecule has 19 heteroatoms. The predicted molar refractivity (Wildman–Crippen MR) is 404 cm³/mol. The van der Waals surface area contributed by atoms with Crippen molar-refractivity contribution in [1.82, 2.24) is 0 Å². The first-order valence-corrected chi connectivity index (χ1v) is 44.3. The molecule has 0 aromatic rings. The number of esters is 4. The summed E-state index contributed by atoms with van der Waals surface area (Å²) in [5.41, 5.74) is 0. The maximum Gasteiger partial charge on any atom is 0.472 e. The van der Waals surface area contributed by atoms with Gasteiger partial charge in [-0.05, 0) is 49.4 Å². The van der Waals surface area contributed by atoms with Crippen molar-refractivity contribution in [2.24, 2.45) is 23.7 Å². The first-order chi connectivity index (χ1) is 47.7. The average molecular weight is 1450 g/mol. The van der Waals surface area contributed by atoms with Gasteiger partial charge in [0.1, 0.15) is 19.3 Å². The Morgan fingerprint density at radius 3 is 0.717 bits per heavy atom. The second-order valence-corrected chi connectivity index (χ2v) is 33.1. The third-order valence-corrected chi connectivity index (χ3v) is 21.2. The highest BCUT2D eigenvalue weighted by molar-refractivity contribution is 7.47. The highest BCUT2D eigenvalue weighted by atomic mass is 31.2. The first kappa shape index (κ1) is 97.1. The van der Waals surface area contributed by atoms with Crippen LogP contribution in [0.1, 0.15) is 409 Å². The van der Waals surface area contributed by atoms with Gasteiger partial charge in [0.15, 0.2) is 12.2 Å². The molecule has 0 saturated carbocycles. The Labute approximate surface area is 607 Å². The number of unbranched alkanes of at least 4 members (excludes halogenated alkanes) is 41. The van der Waals surface area contributed by atoms with Crippen molar-refractivity contribution >= 4 is 39.5 Å². The number of carbonyl (C=O) groups excluding carboxylic acids is 4. The van der Waals surface area contributed by atoms with Crippen molar-refractivity contribution < 1.29 is 80.2 Å². The van der Waals surface area contributed by atoms with Gasteiger partial charge in [0.25, 0.3) is 0 Å². The molecule has 0 aliphatic rings. The van der Waals surface area contributed by atoms with E-state index in [9.17, 15) is 43.2 Å². The molecule has 0 heterocycles. The van der Waals surface area contributed by atoms with Gasteiger partial charge in [-0.25, -0.2) is 9.13 Å². The van der Waals surface area contributed by atoms with E-state index in [0.717, 1.165) is 114 Å². The lowest BCUT2D eigenvalue weighted by Crippen LogP contribution is -2.30. The van der Waals surface area contributed by atoms with Crippen molar-refractivity contribution in [2.75, 3.05) is 39.6 Å². The molecule has 0 amide bonds. The number of phosphoric ester groups is 2. The standard InChI is InChI=1S/C80H156O17P2/c1-9-72(7)58-50-42-34-26-19-17-15-13-11-12-14-16-18-20-28-38-46-54-62-79(84)96-75(66-90-77(82)60-52-44-36-27-22-21-24-32-40-48-56-70(3)4)68-94-98(86,87)92-64-74(81)65-93-99(88,89)95-69-76(97-80(85)63-55-47-39-29-23-25-33-41-49-57-71(5)6)67-91-78(83)61-53-45-37-31-30-35-43-51-59-73(8)10-2/h70-76,81H,9-69H2,1-8H3,(H,86,87)(H,88,89)/t72?,73?,74-,75-,76-/m1/s1. The highest BCUT2D eigenvalue weighted by Crippen LogP contribution is 2.45. The minimum absolute atomic E-state index is 0.105. The summed E-state index contributed by atoms with van der Waals surface area (Å²) in [7, 11) is -9.92. The molecule has 0 aliphatic carbocycles. The molecule has 3 N–H and O–H groups in total. The third-order valence-electron chi connectivity index (χ3n) is 19.3. The summed E-state index contributed by atoms with van der Waals surface area (Å²) in [6.45, 7) is 14.3. The van der Waals surface area contributed by atoms with Crippen molar-refractivity contribution in [3.05, 3.63) is 0 Å². The average Bonchev–Trinajstić information content (AvgIpc) is 0.990. The summed E-state index contributed by atoms with van der Waals surface area (Å²) in [5, 5.41) is 10.6. The van der Waals surface area contributed by atoms with Gasteiger partial charge in [-0.15, -0.1) is 0 Å². The van der Waals surface area contributed by atoms with Crippen molar-refractivity contribution in [3.8, 4) is 0 Å². The van der Waals surface area contributed by atoms with Crippen LogP contribution in [0.5, 0.6) is 0 Å². The fourth-order valence-electron chi connectivity index (χ4n) is 12.2. The Morgan fingerprint density at radius 1 is 0.283 bits per heavy atom. The van der Waals surface area contributed by atoms with Crippen LogP contribution in [0, 0.1) is 23.7 Å². The van der Waals surface area contributed by atoms with Crippen molar-refractivity contribution in [3.63, 3.8) is 0 Å². The Hall–Kier alpha value is -1.94. The van der Waals surface area contributed by atoms with E-state index in [1.165, 1.54) is 212 Å². The molecule has 17 nitrogen and oxygen atoms in total. The van der Waals surface area contributed by atoms with Gasteiger partial charge in [-0.3, -0.25) is 37.3 Å². The molecule has 7 atom stereocenters. The van der Waals surface area contributed by atoms with Crippen LogP contribution in [0.3, 0.4) is 0 Å². The number of aliphatic hydroxyl groups is 1. The van der Waals surface area contributed by atoms with Crippen LogP contribution in [0.2, 0.25) is 0 Å². The topological polar surface area (TPSA) is 237 Å². The second kappa shape index (κ2) is 69.1. The fourth-order valence-corrected chi connectivity index (χ4v) is 13.8.